The first kappa shape index (κ1) is 12.2. The number of hydrogen-bond donors (Lipinski definition) is 0. The second kappa shape index (κ2) is 4.38. The van der Waals surface area contributed by atoms with Gasteiger partial charge in [-0.25, -0.2) is 4.98 Å². The van der Waals surface area contributed by atoms with Crippen LogP contribution in [0.25, 0.3) is 11.3 Å². The minimum absolute atomic E-state index is 0.0536. The summed E-state index contributed by atoms with van der Waals surface area (Å²) in [6.07, 6.45) is 1.60. The smallest absolute Gasteiger partial charge is 0.264 e. The number of rotatable bonds is 1. The first-order valence-electron chi connectivity index (χ1n) is 6.07. The van der Waals surface area contributed by atoms with Gasteiger partial charge >= 0.3 is 0 Å². The Labute approximate surface area is 115 Å². The van der Waals surface area contributed by atoms with E-state index in [9.17, 15) is 4.79 Å². The predicted molar refractivity (Wildman–Crippen MR) is 72.3 cm³/mol. The Morgan fingerprint density at radius 3 is 2.95 bits per heavy atom. The Bertz CT molecular complexity index is 742. The van der Waals surface area contributed by atoms with E-state index < -0.39 is 0 Å². The van der Waals surface area contributed by atoms with Crippen LogP contribution in [0, 0.1) is 11.3 Å². The monoisotopic (exact) mass is 268 g/mol. The van der Waals surface area contributed by atoms with Crippen LogP contribution in [0.3, 0.4) is 0 Å². The quantitative estimate of drug-likeness (QED) is 0.782. The highest BCUT2D eigenvalue weighted by molar-refractivity contribution is 5.98. The summed E-state index contributed by atoms with van der Waals surface area (Å²) in [4.78, 5) is 17.3. The summed E-state index contributed by atoms with van der Waals surface area (Å²) >= 11 is 0. The molecular weight excluding hydrogens is 256 g/mol. The van der Waals surface area contributed by atoms with Crippen molar-refractivity contribution < 1.29 is 9.53 Å². The lowest BCUT2D eigenvalue weighted by molar-refractivity contribution is -0.120. The number of fused-ring (bicyclic) bond motifs is 1. The molecule has 20 heavy (non-hydrogen) atoms. The van der Waals surface area contributed by atoms with Crippen LogP contribution in [-0.2, 0) is 11.8 Å². The maximum atomic E-state index is 11.7. The number of likely N-dealkylation sites (N-methyl/N-ethyl adjacent to an activating group) is 1. The number of hydrogen-bond acceptors (Lipinski definition) is 4. The zero-order valence-electron chi connectivity index (χ0n) is 11.1. The van der Waals surface area contributed by atoms with Gasteiger partial charge < -0.3 is 14.2 Å². The topological polar surface area (TPSA) is 71.2 Å². The van der Waals surface area contributed by atoms with Crippen molar-refractivity contribution in [3.05, 3.63) is 30.2 Å². The molecule has 0 saturated carbocycles. The molecule has 3 rings (SSSR count). The highest BCUT2D eigenvalue weighted by Gasteiger charge is 2.23. The average Bonchev–Trinajstić information content (AvgIpc) is 2.84. The van der Waals surface area contributed by atoms with Crippen molar-refractivity contribution in [1.29, 1.82) is 5.26 Å². The van der Waals surface area contributed by atoms with Crippen LogP contribution < -0.4 is 9.64 Å². The van der Waals surface area contributed by atoms with Crippen LogP contribution in [0.2, 0.25) is 0 Å². The Morgan fingerprint density at radius 1 is 1.40 bits per heavy atom. The van der Waals surface area contributed by atoms with E-state index in [-0.39, 0.29) is 12.5 Å². The molecule has 1 aromatic heterocycles. The summed E-state index contributed by atoms with van der Waals surface area (Å²) in [7, 11) is 3.54. The third kappa shape index (κ3) is 1.72. The van der Waals surface area contributed by atoms with Crippen molar-refractivity contribution in [1.82, 2.24) is 9.55 Å². The summed E-state index contributed by atoms with van der Waals surface area (Å²) < 4.78 is 7.17. The Morgan fingerprint density at radius 2 is 2.20 bits per heavy atom. The first-order chi connectivity index (χ1) is 9.61. The molecule has 0 unspecified atom stereocenters. The van der Waals surface area contributed by atoms with E-state index in [1.54, 1.807) is 22.8 Å². The second-order valence-electron chi connectivity index (χ2n) is 4.59. The van der Waals surface area contributed by atoms with E-state index >= 15 is 0 Å². The number of imidazole rings is 1. The number of carbonyl (C=O) groups excluding carboxylic acids is 1. The second-order valence-corrected chi connectivity index (χ2v) is 4.59. The largest absolute Gasteiger partial charge is 0.482 e. The summed E-state index contributed by atoms with van der Waals surface area (Å²) in [5.74, 6) is 0.566. The number of anilines is 1. The van der Waals surface area contributed by atoms with Gasteiger partial charge in [-0.2, -0.15) is 5.26 Å². The van der Waals surface area contributed by atoms with Crippen LogP contribution in [0.5, 0.6) is 5.75 Å². The predicted octanol–water partition coefficient (Wildman–Crippen LogP) is 1.31. The number of aryl methyl sites for hydroxylation is 1. The zero-order valence-corrected chi connectivity index (χ0v) is 11.1. The molecule has 1 aliphatic rings. The lowest BCUT2D eigenvalue weighted by atomic mass is 10.1. The van der Waals surface area contributed by atoms with Gasteiger partial charge in [0.15, 0.2) is 12.3 Å². The lowest BCUT2D eigenvalue weighted by Gasteiger charge is -2.26. The highest BCUT2D eigenvalue weighted by Crippen LogP contribution is 2.35. The highest BCUT2D eigenvalue weighted by atomic mass is 16.5. The van der Waals surface area contributed by atoms with Crippen LogP contribution in [0.15, 0.2) is 24.5 Å². The van der Waals surface area contributed by atoms with Crippen molar-refractivity contribution in [3.63, 3.8) is 0 Å². The molecular formula is C14H12N4O2. The molecule has 100 valence electrons. The third-order valence-electron chi connectivity index (χ3n) is 3.36. The molecule has 1 aromatic carbocycles. The van der Waals surface area contributed by atoms with E-state index in [4.69, 9.17) is 10.00 Å². The molecule has 6 heteroatoms. The van der Waals surface area contributed by atoms with Gasteiger partial charge in [0.1, 0.15) is 11.8 Å². The average molecular weight is 268 g/mol. The fraction of sp³-hybridized carbons (Fsp3) is 0.214. The van der Waals surface area contributed by atoms with Gasteiger partial charge in [-0.15, -0.1) is 0 Å². The molecule has 0 saturated heterocycles. The maximum absolute atomic E-state index is 11.7. The molecule has 2 heterocycles. The van der Waals surface area contributed by atoms with Crippen LogP contribution >= 0.6 is 0 Å². The van der Waals surface area contributed by atoms with Crippen LogP contribution in [0.4, 0.5) is 5.69 Å². The molecule has 0 spiro atoms. The number of ether oxygens (including phenoxy) is 1. The van der Waals surface area contributed by atoms with E-state index in [1.165, 1.54) is 0 Å². The maximum Gasteiger partial charge on any atom is 0.264 e. The number of benzene rings is 1. The van der Waals surface area contributed by atoms with Crippen LogP contribution in [-0.4, -0.2) is 29.1 Å². The molecule has 0 atom stereocenters. The normalized spacial score (nSPS) is 13.7. The molecule has 2 aromatic rings. The molecule has 0 aliphatic carbocycles. The molecule has 0 bridgehead atoms. The number of aromatic nitrogens is 2. The third-order valence-corrected chi connectivity index (χ3v) is 3.36. The van der Waals surface area contributed by atoms with Crippen molar-refractivity contribution in [2.24, 2.45) is 7.05 Å². The SMILES string of the molecule is CN1C(=O)COc2ccc(-c3c(C#N)ncn3C)cc21. The van der Waals surface area contributed by atoms with Crippen molar-refractivity contribution in [2.45, 2.75) is 0 Å². The molecule has 1 amide bonds. The van der Waals surface area contributed by atoms with Crippen molar-refractivity contribution in [2.75, 3.05) is 18.6 Å². The number of nitrogens with zero attached hydrogens (tertiary/aromatic N) is 4. The van der Waals surface area contributed by atoms with Gasteiger partial charge in [0.05, 0.1) is 17.7 Å². The van der Waals surface area contributed by atoms with Gasteiger partial charge in [-0.05, 0) is 18.2 Å². The summed E-state index contributed by atoms with van der Waals surface area (Å²) in [5, 5.41) is 9.11. The van der Waals surface area contributed by atoms with Gasteiger partial charge in [-0.3, -0.25) is 4.79 Å². The Kier molecular flexibility index (Phi) is 2.68. The summed E-state index contributed by atoms with van der Waals surface area (Å²) in [6.45, 7) is 0.0536. The molecule has 0 radical (unpaired) electrons. The van der Waals surface area contributed by atoms with Crippen molar-refractivity contribution >= 4 is 11.6 Å². The van der Waals surface area contributed by atoms with E-state index in [0.717, 1.165) is 11.3 Å². The fourth-order valence-electron chi connectivity index (χ4n) is 2.27. The van der Waals surface area contributed by atoms with Gasteiger partial charge in [-0.1, -0.05) is 0 Å². The molecule has 0 N–H and O–H groups in total. The minimum Gasteiger partial charge on any atom is -0.482 e. The number of amides is 1. The van der Waals surface area contributed by atoms with E-state index in [1.807, 2.05) is 25.2 Å². The minimum atomic E-state index is -0.0971. The molecule has 0 fully saturated rings. The van der Waals surface area contributed by atoms with E-state index in [2.05, 4.69) is 11.1 Å². The Hall–Kier alpha value is -2.81. The first-order valence-corrected chi connectivity index (χ1v) is 6.07. The standard InChI is InChI=1S/C14H12N4O2/c1-17-8-16-10(6-15)14(17)9-3-4-12-11(5-9)18(2)13(19)7-20-12/h3-5,8H,7H2,1-2H3. The van der Waals surface area contributed by atoms with Gasteiger partial charge in [0.2, 0.25) is 0 Å². The number of nitriles is 1. The molecule has 6 nitrogen and oxygen atoms in total. The number of carbonyl (C=O) groups is 1. The molecule has 1 aliphatic heterocycles. The van der Waals surface area contributed by atoms with Gasteiger partial charge in [0.25, 0.3) is 5.91 Å². The zero-order chi connectivity index (χ0) is 14.3. The fourth-order valence-corrected chi connectivity index (χ4v) is 2.27. The van der Waals surface area contributed by atoms with Crippen molar-refractivity contribution in [3.8, 4) is 23.1 Å². The van der Waals surface area contributed by atoms with Gasteiger partial charge in [0, 0.05) is 19.7 Å². The Balaban J connectivity index is 2.16. The summed E-state index contributed by atoms with van der Waals surface area (Å²) in [5.41, 5.74) is 2.61. The summed E-state index contributed by atoms with van der Waals surface area (Å²) in [6, 6.07) is 7.58. The lowest BCUT2D eigenvalue weighted by Crippen LogP contribution is -2.35. The van der Waals surface area contributed by atoms with E-state index in [0.29, 0.717) is 17.1 Å². The van der Waals surface area contributed by atoms with Crippen LogP contribution in [0.1, 0.15) is 5.69 Å².